The normalized spacial score (nSPS) is 11.5. The van der Waals surface area contributed by atoms with E-state index in [0.29, 0.717) is 46.8 Å². The molecule has 2 aromatic heterocycles. The van der Waals surface area contributed by atoms with Gasteiger partial charge in [-0.25, -0.2) is 19.4 Å². The van der Waals surface area contributed by atoms with Crippen LogP contribution in [0.5, 0.6) is 0 Å². The molecule has 3 rings (SSSR count). The smallest absolute Gasteiger partial charge is 0.407 e. The Morgan fingerprint density at radius 2 is 1.94 bits per heavy atom. The zero-order valence-corrected chi connectivity index (χ0v) is 20.3. The van der Waals surface area contributed by atoms with E-state index in [-0.39, 0.29) is 0 Å². The summed E-state index contributed by atoms with van der Waals surface area (Å²) in [6.07, 6.45) is 0.553. The Balaban J connectivity index is 1.75. The van der Waals surface area contributed by atoms with Gasteiger partial charge in [-0.05, 0) is 44.9 Å². The van der Waals surface area contributed by atoms with Crippen LogP contribution in [0.2, 0.25) is 5.02 Å². The van der Waals surface area contributed by atoms with Gasteiger partial charge in [-0.1, -0.05) is 47.6 Å². The molecule has 2 heterocycles. The van der Waals surface area contributed by atoms with Crippen molar-refractivity contribution in [2.24, 2.45) is 0 Å². The summed E-state index contributed by atoms with van der Waals surface area (Å²) in [4.78, 5) is 21.1. The highest BCUT2D eigenvalue weighted by Gasteiger charge is 2.17. The van der Waals surface area contributed by atoms with E-state index in [1.165, 1.54) is 0 Å². The quantitative estimate of drug-likeness (QED) is 0.266. The molecule has 1 aromatic carbocycles. The van der Waals surface area contributed by atoms with E-state index in [0.717, 1.165) is 17.7 Å². The maximum absolute atomic E-state index is 11.8. The molecule has 0 unspecified atom stereocenters. The highest BCUT2D eigenvalue weighted by molar-refractivity contribution is 7.99. The highest BCUT2D eigenvalue weighted by Crippen LogP contribution is 2.24. The summed E-state index contributed by atoms with van der Waals surface area (Å²) in [5, 5.41) is 15.9. The molecule has 3 aromatic rings. The van der Waals surface area contributed by atoms with Gasteiger partial charge in [0.05, 0.1) is 6.54 Å². The number of hydrogen-bond donors (Lipinski definition) is 2. The number of nitrogens with one attached hydrogen (secondary N) is 2. The molecule has 0 fully saturated rings. The van der Waals surface area contributed by atoms with E-state index in [4.69, 9.17) is 16.3 Å². The molecule has 0 aliphatic rings. The molecule has 0 saturated heterocycles. The minimum atomic E-state index is -0.537. The van der Waals surface area contributed by atoms with Crippen LogP contribution in [-0.4, -0.2) is 55.5 Å². The van der Waals surface area contributed by atoms with E-state index in [2.05, 4.69) is 37.8 Å². The van der Waals surface area contributed by atoms with E-state index in [9.17, 15) is 4.79 Å². The topological polar surface area (TPSA) is 107 Å². The molecule has 172 valence electrons. The number of hydrogen-bond acceptors (Lipinski definition) is 8. The average molecular weight is 478 g/mol. The molecule has 0 aliphatic carbocycles. The maximum Gasteiger partial charge on any atom is 0.407 e. The number of ether oxygens (including phenoxy) is 1. The molecule has 2 N–H and O–H groups in total. The second kappa shape index (κ2) is 10.8. The van der Waals surface area contributed by atoms with Crippen LogP contribution in [0.25, 0.3) is 11.2 Å². The SMILES string of the molecule is CCCSc1nc(NCCNC(=O)OC(C)(C)C)c2nnn(Cc3ccc(Cl)cc3)c2n1. The number of thioether (sulfide) groups is 1. The zero-order chi connectivity index (χ0) is 23.1. The molecule has 0 atom stereocenters. The van der Waals surface area contributed by atoms with Crippen molar-refractivity contribution in [3.63, 3.8) is 0 Å². The van der Waals surface area contributed by atoms with Gasteiger partial charge >= 0.3 is 6.09 Å². The predicted octanol–water partition coefficient (Wildman–Crippen LogP) is 4.36. The van der Waals surface area contributed by atoms with Crippen molar-refractivity contribution in [1.82, 2.24) is 30.3 Å². The van der Waals surface area contributed by atoms with E-state index in [1.54, 1.807) is 16.4 Å². The van der Waals surface area contributed by atoms with Gasteiger partial charge in [-0.3, -0.25) is 0 Å². The summed E-state index contributed by atoms with van der Waals surface area (Å²) in [6.45, 7) is 8.92. The van der Waals surface area contributed by atoms with Gasteiger partial charge in [0.1, 0.15) is 5.60 Å². The Morgan fingerprint density at radius 3 is 2.62 bits per heavy atom. The molecule has 0 saturated carbocycles. The van der Waals surface area contributed by atoms with Crippen LogP contribution in [-0.2, 0) is 11.3 Å². The lowest BCUT2D eigenvalue weighted by molar-refractivity contribution is 0.0530. The van der Waals surface area contributed by atoms with Crippen molar-refractivity contribution in [3.05, 3.63) is 34.9 Å². The third-order valence-electron chi connectivity index (χ3n) is 4.11. The molecule has 0 radical (unpaired) electrons. The number of halogens is 1. The number of amides is 1. The Hall–Kier alpha value is -2.59. The zero-order valence-electron chi connectivity index (χ0n) is 18.7. The molecule has 9 nitrogen and oxygen atoms in total. The number of nitrogens with zero attached hydrogens (tertiary/aromatic N) is 5. The summed E-state index contributed by atoms with van der Waals surface area (Å²) in [6, 6.07) is 7.59. The number of benzene rings is 1. The van der Waals surface area contributed by atoms with Crippen molar-refractivity contribution >= 4 is 46.4 Å². The lowest BCUT2D eigenvalue weighted by Crippen LogP contribution is -2.35. The fourth-order valence-corrected chi connectivity index (χ4v) is 3.57. The minimum absolute atomic E-state index is 0.372. The number of carbonyl (C=O) groups is 1. The summed E-state index contributed by atoms with van der Waals surface area (Å²) >= 11 is 7.57. The molecule has 1 amide bonds. The Bertz CT molecular complexity index is 1050. The summed E-state index contributed by atoms with van der Waals surface area (Å²) in [7, 11) is 0. The van der Waals surface area contributed by atoms with Crippen molar-refractivity contribution in [1.29, 1.82) is 0 Å². The molecule has 11 heteroatoms. The van der Waals surface area contributed by atoms with Gasteiger partial charge in [0, 0.05) is 23.9 Å². The van der Waals surface area contributed by atoms with Crippen molar-refractivity contribution in [3.8, 4) is 0 Å². The van der Waals surface area contributed by atoms with Crippen LogP contribution in [0.15, 0.2) is 29.4 Å². The van der Waals surface area contributed by atoms with Crippen molar-refractivity contribution in [2.75, 3.05) is 24.2 Å². The third-order valence-corrected chi connectivity index (χ3v) is 5.41. The lowest BCUT2D eigenvalue weighted by atomic mass is 10.2. The first-order valence-electron chi connectivity index (χ1n) is 10.4. The fourth-order valence-electron chi connectivity index (χ4n) is 2.75. The Kier molecular flexibility index (Phi) is 8.14. The number of carbonyl (C=O) groups excluding carboxylic acids is 1. The van der Waals surface area contributed by atoms with Gasteiger partial charge in [0.2, 0.25) is 0 Å². The van der Waals surface area contributed by atoms with E-state index < -0.39 is 11.7 Å². The van der Waals surface area contributed by atoms with Crippen LogP contribution in [0.1, 0.15) is 39.7 Å². The third kappa shape index (κ3) is 6.96. The largest absolute Gasteiger partial charge is 0.444 e. The summed E-state index contributed by atoms with van der Waals surface area (Å²) in [5.74, 6) is 1.49. The first-order valence-corrected chi connectivity index (χ1v) is 11.8. The van der Waals surface area contributed by atoms with Crippen LogP contribution in [0.4, 0.5) is 10.6 Å². The summed E-state index contributed by atoms with van der Waals surface area (Å²) in [5.41, 5.74) is 1.73. The van der Waals surface area contributed by atoms with Crippen molar-refractivity contribution in [2.45, 2.75) is 51.4 Å². The predicted molar refractivity (Wildman–Crippen MR) is 127 cm³/mol. The lowest BCUT2D eigenvalue weighted by Gasteiger charge is -2.19. The molecule has 0 bridgehead atoms. The summed E-state index contributed by atoms with van der Waals surface area (Å²) < 4.78 is 7.00. The van der Waals surface area contributed by atoms with Gasteiger partial charge in [0.15, 0.2) is 22.1 Å². The second-order valence-corrected chi connectivity index (χ2v) is 9.60. The number of anilines is 1. The second-order valence-electron chi connectivity index (χ2n) is 8.10. The first-order chi connectivity index (χ1) is 15.2. The van der Waals surface area contributed by atoms with Crippen LogP contribution in [0.3, 0.4) is 0 Å². The minimum Gasteiger partial charge on any atom is -0.444 e. The number of rotatable bonds is 9. The fraction of sp³-hybridized carbons (Fsp3) is 0.476. The van der Waals surface area contributed by atoms with Crippen LogP contribution in [0, 0.1) is 0 Å². The highest BCUT2D eigenvalue weighted by atomic mass is 35.5. The van der Waals surface area contributed by atoms with E-state index >= 15 is 0 Å². The Labute approximate surface area is 196 Å². The molecular weight excluding hydrogens is 450 g/mol. The average Bonchev–Trinajstić information content (AvgIpc) is 3.13. The molecule has 0 spiro atoms. The molecular formula is C21H28ClN7O2S. The van der Waals surface area contributed by atoms with Gasteiger partial charge in [0.25, 0.3) is 0 Å². The van der Waals surface area contributed by atoms with Crippen LogP contribution >= 0.6 is 23.4 Å². The Morgan fingerprint density at radius 1 is 1.19 bits per heavy atom. The monoisotopic (exact) mass is 477 g/mol. The number of alkyl carbamates (subject to hydrolysis) is 1. The molecule has 32 heavy (non-hydrogen) atoms. The standard InChI is InChI=1S/C21H28ClN7O2S/c1-5-12-32-19-25-17(23-10-11-24-20(30)31-21(2,3)4)16-18(26-19)29(28-27-16)13-14-6-8-15(22)9-7-14/h6-9H,5,10-13H2,1-4H3,(H,24,30)(H,23,25,26). The first kappa shape index (κ1) is 24.1. The molecule has 0 aliphatic heterocycles. The van der Waals surface area contributed by atoms with Gasteiger partial charge in [-0.2, -0.15) is 0 Å². The van der Waals surface area contributed by atoms with E-state index in [1.807, 2.05) is 45.0 Å². The van der Waals surface area contributed by atoms with Crippen LogP contribution < -0.4 is 10.6 Å². The van der Waals surface area contributed by atoms with Gasteiger partial charge in [-0.15, -0.1) is 5.10 Å². The number of aromatic nitrogens is 5. The van der Waals surface area contributed by atoms with Gasteiger partial charge < -0.3 is 15.4 Å². The maximum atomic E-state index is 11.8. The number of fused-ring (bicyclic) bond motifs is 1. The van der Waals surface area contributed by atoms with Crippen molar-refractivity contribution < 1.29 is 9.53 Å².